The average Bonchev–Trinajstić information content (AvgIpc) is 2.29. The van der Waals surface area contributed by atoms with Gasteiger partial charge in [-0.1, -0.05) is 6.07 Å². The molecule has 0 fully saturated rings. The fraction of sp³-hybridized carbons (Fsp3) is 0.538. The summed E-state index contributed by atoms with van der Waals surface area (Å²) in [6, 6.07) is 6.27. The molecule has 2 N–H and O–H groups in total. The van der Waals surface area contributed by atoms with Crippen LogP contribution in [-0.4, -0.2) is 31.7 Å². The molecule has 1 aliphatic heterocycles. The van der Waals surface area contributed by atoms with E-state index < -0.39 is 0 Å². The van der Waals surface area contributed by atoms with Crippen LogP contribution in [-0.2, 0) is 17.7 Å². The lowest BCUT2D eigenvalue weighted by Crippen LogP contribution is -2.31. The lowest BCUT2D eigenvalue weighted by atomic mass is 9.99. The quantitative estimate of drug-likeness (QED) is 0.619. The van der Waals surface area contributed by atoms with Gasteiger partial charge in [-0.15, -0.1) is 0 Å². The number of anilines is 1. The number of rotatable bonds is 4. The third kappa shape index (κ3) is 2.74. The van der Waals surface area contributed by atoms with Crippen LogP contribution in [0.2, 0.25) is 0 Å². The van der Waals surface area contributed by atoms with Gasteiger partial charge in [-0.05, 0) is 36.1 Å². The van der Waals surface area contributed by atoms with Gasteiger partial charge in [0.25, 0.3) is 0 Å². The average molecular weight is 220 g/mol. The third-order valence-corrected chi connectivity index (χ3v) is 3.14. The van der Waals surface area contributed by atoms with E-state index in [0.29, 0.717) is 0 Å². The van der Waals surface area contributed by atoms with Crippen molar-refractivity contribution in [1.29, 1.82) is 0 Å². The standard InChI is InChI=1S/C13H20N2O/c1-16-8-2-6-15-7-5-11-9-13(14)4-3-12(11)10-15/h3-4,9H,2,5-8,10,14H2,1H3. The second-order valence-electron chi connectivity index (χ2n) is 4.40. The normalized spacial score (nSPS) is 16.1. The molecular formula is C13H20N2O. The van der Waals surface area contributed by atoms with Crippen molar-refractivity contribution in [2.24, 2.45) is 0 Å². The Morgan fingerprint density at radius 3 is 3.06 bits per heavy atom. The Morgan fingerprint density at radius 2 is 2.25 bits per heavy atom. The minimum atomic E-state index is 0.852. The van der Waals surface area contributed by atoms with E-state index >= 15 is 0 Å². The molecule has 0 atom stereocenters. The van der Waals surface area contributed by atoms with E-state index in [9.17, 15) is 0 Å². The van der Waals surface area contributed by atoms with Crippen LogP contribution in [0.5, 0.6) is 0 Å². The largest absolute Gasteiger partial charge is 0.399 e. The van der Waals surface area contributed by atoms with Crippen LogP contribution in [0, 0.1) is 0 Å². The molecule has 1 aromatic rings. The molecule has 0 bridgehead atoms. The Labute approximate surface area is 97.2 Å². The van der Waals surface area contributed by atoms with Gasteiger partial charge in [-0.2, -0.15) is 0 Å². The van der Waals surface area contributed by atoms with Crippen molar-refractivity contribution in [2.45, 2.75) is 19.4 Å². The summed E-state index contributed by atoms with van der Waals surface area (Å²) in [6.07, 6.45) is 2.23. The van der Waals surface area contributed by atoms with Crippen LogP contribution in [0.15, 0.2) is 18.2 Å². The molecule has 0 unspecified atom stereocenters. The van der Waals surface area contributed by atoms with Crippen LogP contribution >= 0.6 is 0 Å². The minimum Gasteiger partial charge on any atom is -0.399 e. The number of hydrogen-bond donors (Lipinski definition) is 1. The minimum absolute atomic E-state index is 0.852. The molecule has 16 heavy (non-hydrogen) atoms. The van der Waals surface area contributed by atoms with E-state index in [0.717, 1.165) is 44.8 Å². The maximum Gasteiger partial charge on any atom is 0.0474 e. The van der Waals surface area contributed by atoms with Gasteiger partial charge < -0.3 is 10.5 Å². The third-order valence-electron chi connectivity index (χ3n) is 3.14. The molecule has 88 valence electrons. The fourth-order valence-electron chi connectivity index (χ4n) is 2.25. The van der Waals surface area contributed by atoms with Crippen molar-refractivity contribution in [1.82, 2.24) is 4.90 Å². The van der Waals surface area contributed by atoms with Gasteiger partial charge in [0.1, 0.15) is 0 Å². The predicted molar refractivity (Wildman–Crippen MR) is 66.3 cm³/mol. The zero-order valence-corrected chi connectivity index (χ0v) is 9.91. The second-order valence-corrected chi connectivity index (χ2v) is 4.40. The Balaban J connectivity index is 1.93. The molecule has 0 aromatic heterocycles. The molecule has 3 nitrogen and oxygen atoms in total. The highest BCUT2D eigenvalue weighted by Crippen LogP contribution is 2.21. The van der Waals surface area contributed by atoms with Crippen LogP contribution in [0.25, 0.3) is 0 Å². The first-order valence-corrected chi connectivity index (χ1v) is 5.88. The predicted octanol–water partition coefficient (Wildman–Crippen LogP) is 1.66. The molecule has 0 amide bonds. The first-order valence-electron chi connectivity index (χ1n) is 5.88. The van der Waals surface area contributed by atoms with Crippen LogP contribution in [0.1, 0.15) is 17.5 Å². The SMILES string of the molecule is COCCCN1CCc2cc(N)ccc2C1. The van der Waals surface area contributed by atoms with Crippen LogP contribution < -0.4 is 5.73 Å². The van der Waals surface area contributed by atoms with Gasteiger partial charge in [-0.25, -0.2) is 0 Å². The summed E-state index contributed by atoms with van der Waals surface area (Å²) >= 11 is 0. The lowest BCUT2D eigenvalue weighted by molar-refractivity contribution is 0.167. The number of nitrogens with zero attached hydrogens (tertiary/aromatic N) is 1. The molecule has 1 aliphatic rings. The molecular weight excluding hydrogens is 200 g/mol. The van der Waals surface area contributed by atoms with E-state index in [2.05, 4.69) is 17.0 Å². The molecule has 0 spiro atoms. The monoisotopic (exact) mass is 220 g/mol. The Bertz CT molecular complexity index is 352. The summed E-state index contributed by atoms with van der Waals surface area (Å²) in [5.74, 6) is 0. The van der Waals surface area contributed by atoms with Crippen molar-refractivity contribution in [3.8, 4) is 0 Å². The topological polar surface area (TPSA) is 38.5 Å². The van der Waals surface area contributed by atoms with E-state index in [1.807, 2.05) is 6.07 Å². The Kier molecular flexibility index (Phi) is 3.80. The fourth-order valence-corrected chi connectivity index (χ4v) is 2.25. The van der Waals surface area contributed by atoms with Gasteiger partial charge in [0.15, 0.2) is 0 Å². The first kappa shape index (κ1) is 11.4. The van der Waals surface area contributed by atoms with Gasteiger partial charge in [-0.3, -0.25) is 4.90 Å². The van der Waals surface area contributed by atoms with Crippen LogP contribution in [0.4, 0.5) is 5.69 Å². The molecule has 0 saturated heterocycles. The number of benzene rings is 1. The molecule has 0 aliphatic carbocycles. The zero-order chi connectivity index (χ0) is 11.4. The maximum absolute atomic E-state index is 5.78. The summed E-state index contributed by atoms with van der Waals surface area (Å²) in [5, 5.41) is 0. The van der Waals surface area contributed by atoms with Gasteiger partial charge in [0, 0.05) is 39.0 Å². The summed E-state index contributed by atoms with van der Waals surface area (Å²) in [4.78, 5) is 2.48. The number of ether oxygens (including phenoxy) is 1. The summed E-state index contributed by atoms with van der Waals surface area (Å²) < 4.78 is 5.07. The maximum atomic E-state index is 5.78. The van der Waals surface area contributed by atoms with Crippen LogP contribution in [0.3, 0.4) is 0 Å². The smallest absolute Gasteiger partial charge is 0.0474 e. The summed E-state index contributed by atoms with van der Waals surface area (Å²) in [7, 11) is 1.76. The highest BCUT2D eigenvalue weighted by atomic mass is 16.5. The van der Waals surface area contributed by atoms with Gasteiger partial charge in [0.2, 0.25) is 0 Å². The number of fused-ring (bicyclic) bond motifs is 1. The van der Waals surface area contributed by atoms with Gasteiger partial charge in [0.05, 0.1) is 0 Å². The lowest BCUT2D eigenvalue weighted by Gasteiger charge is -2.28. The molecule has 1 heterocycles. The highest BCUT2D eigenvalue weighted by molar-refractivity contribution is 5.45. The van der Waals surface area contributed by atoms with Gasteiger partial charge >= 0.3 is 0 Å². The van der Waals surface area contributed by atoms with Crippen molar-refractivity contribution < 1.29 is 4.74 Å². The Morgan fingerprint density at radius 1 is 1.38 bits per heavy atom. The zero-order valence-electron chi connectivity index (χ0n) is 9.91. The van der Waals surface area contributed by atoms with Crippen molar-refractivity contribution in [2.75, 3.05) is 32.5 Å². The number of methoxy groups -OCH3 is 1. The number of nitrogens with two attached hydrogens (primary N) is 1. The van der Waals surface area contributed by atoms with E-state index in [4.69, 9.17) is 10.5 Å². The summed E-state index contributed by atoms with van der Waals surface area (Å²) in [5.41, 5.74) is 9.51. The van der Waals surface area contributed by atoms with E-state index in [1.54, 1.807) is 7.11 Å². The van der Waals surface area contributed by atoms with Crippen molar-refractivity contribution in [3.63, 3.8) is 0 Å². The number of hydrogen-bond acceptors (Lipinski definition) is 3. The summed E-state index contributed by atoms with van der Waals surface area (Å²) in [6.45, 7) is 4.17. The Hall–Kier alpha value is -1.06. The van der Waals surface area contributed by atoms with E-state index in [-0.39, 0.29) is 0 Å². The molecule has 0 radical (unpaired) electrons. The molecule has 3 heteroatoms. The van der Waals surface area contributed by atoms with Crippen molar-refractivity contribution >= 4 is 5.69 Å². The number of nitrogen functional groups attached to an aromatic ring is 1. The second kappa shape index (κ2) is 5.32. The van der Waals surface area contributed by atoms with Crippen molar-refractivity contribution in [3.05, 3.63) is 29.3 Å². The molecule has 0 saturated carbocycles. The highest BCUT2D eigenvalue weighted by Gasteiger charge is 2.15. The molecule has 2 rings (SSSR count). The first-order chi connectivity index (χ1) is 7.79. The van der Waals surface area contributed by atoms with E-state index in [1.165, 1.54) is 11.1 Å². The molecule has 1 aromatic carbocycles.